The van der Waals surface area contributed by atoms with Crippen LogP contribution >= 0.6 is 0 Å². The number of rotatable bonds is 7. The summed E-state index contributed by atoms with van der Waals surface area (Å²) in [5.41, 5.74) is 3.80. The van der Waals surface area contributed by atoms with Crippen LogP contribution in [0.5, 0.6) is 0 Å². The third-order valence-corrected chi connectivity index (χ3v) is 5.81. The molecule has 3 rings (SSSR count). The number of amidine groups is 1. The van der Waals surface area contributed by atoms with Crippen molar-refractivity contribution in [3.8, 4) is 12.1 Å². The lowest BCUT2D eigenvalue weighted by Crippen LogP contribution is -2.46. The van der Waals surface area contributed by atoms with E-state index in [9.17, 15) is 10.5 Å². The van der Waals surface area contributed by atoms with Crippen molar-refractivity contribution in [2.24, 2.45) is 21.6 Å². The van der Waals surface area contributed by atoms with Gasteiger partial charge in [0.2, 0.25) is 0 Å². The summed E-state index contributed by atoms with van der Waals surface area (Å²) in [4.78, 5) is 4.42. The Morgan fingerprint density at radius 3 is 2.12 bits per heavy atom. The number of hydrogen-bond donors (Lipinski definition) is 1. The van der Waals surface area contributed by atoms with E-state index >= 15 is 0 Å². The first-order chi connectivity index (χ1) is 12.5. The molecule has 6 nitrogen and oxygen atoms in total. The zero-order chi connectivity index (χ0) is 19.1. The highest BCUT2D eigenvalue weighted by molar-refractivity contribution is 6.02. The van der Waals surface area contributed by atoms with Crippen LogP contribution in [0.4, 0.5) is 0 Å². The van der Waals surface area contributed by atoms with Gasteiger partial charge in [-0.1, -0.05) is 43.7 Å². The normalized spacial score (nSPS) is 33.7. The molecule has 2 aliphatic rings. The highest BCUT2D eigenvalue weighted by Crippen LogP contribution is 2.86. The van der Waals surface area contributed by atoms with Crippen LogP contribution in [-0.4, -0.2) is 25.0 Å². The van der Waals surface area contributed by atoms with Gasteiger partial charge in [0.05, 0.1) is 17.6 Å². The van der Waals surface area contributed by atoms with Crippen molar-refractivity contribution in [1.82, 2.24) is 0 Å². The monoisotopic (exact) mass is 352 g/mol. The van der Waals surface area contributed by atoms with E-state index in [0.29, 0.717) is 19.6 Å². The van der Waals surface area contributed by atoms with Gasteiger partial charge in [0.1, 0.15) is 5.84 Å². The Bertz CT molecular complexity index is 803. The topological polar surface area (TPSA) is 104 Å². The molecule has 1 saturated carbocycles. The number of aliphatic imine (C=N–C) groups is 1. The lowest BCUT2D eigenvalue weighted by Gasteiger charge is -2.35. The minimum absolute atomic E-state index is 0.126. The maximum Gasteiger partial charge on any atom is 0.293 e. The maximum absolute atomic E-state index is 10.4. The minimum Gasteiger partial charge on any atom is -0.386 e. The molecule has 1 fully saturated rings. The summed E-state index contributed by atoms with van der Waals surface area (Å²) < 4.78 is 11.9. The van der Waals surface area contributed by atoms with Gasteiger partial charge >= 0.3 is 0 Å². The molecule has 0 spiro atoms. The van der Waals surface area contributed by atoms with Gasteiger partial charge in [-0.05, 0) is 25.8 Å². The first kappa shape index (κ1) is 18.4. The van der Waals surface area contributed by atoms with Crippen LogP contribution in [0.1, 0.15) is 39.2 Å². The third kappa shape index (κ3) is 1.65. The van der Waals surface area contributed by atoms with Gasteiger partial charge in [0, 0.05) is 13.2 Å². The van der Waals surface area contributed by atoms with Crippen LogP contribution < -0.4 is 5.73 Å². The van der Waals surface area contributed by atoms with Crippen LogP contribution in [0, 0.1) is 33.5 Å². The van der Waals surface area contributed by atoms with Crippen LogP contribution in [0.15, 0.2) is 35.3 Å². The Kier molecular flexibility index (Phi) is 4.30. The Hall–Kier alpha value is -2.41. The van der Waals surface area contributed by atoms with Gasteiger partial charge < -0.3 is 15.2 Å². The first-order valence-corrected chi connectivity index (χ1v) is 9.05. The second-order valence-corrected chi connectivity index (χ2v) is 6.69. The predicted molar refractivity (Wildman–Crippen MR) is 96.7 cm³/mol. The lowest BCUT2D eigenvalue weighted by atomic mass is 9.79. The highest BCUT2D eigenvalue weighted by Gasteiger charge is 3.00. The number of ether oxygens (including phenoxy) is 2. The van der Waals surface area contributed by atoms with Crippen molar-refractivity contribution in [2.45, 2.75) is 44.9 Å². The van der Waals surface area contributed by atoms with Gasteiger partial charge in [-0.15, -0.1) is 0 Å². The minimum atomic E-state index is -1.57. The standard InChI is InChI=1S/C20H24N4O2/c1-4-12-17(15-10-8-7-9-11-15)18(13-21)16(23)24-20(25-5-2,26-6-3)19(17,18)14-22/h7-11H,4-6,12H2,1-3H3,(H2,23,24)/t17-,18+,19-/m1/s1. The quantitative estimate of drug-likeness (QED) is 0.760. The summed E-state index contributed by atoms with van der Waals surface area (Å²) in [7, 11) is 0. The van der Waals surface area contributed by atoms with E-state index in [1.807, 2.05) is 51.1 Å². The second kappa shape index (κ2) is 6.09. The van der Waals surface area contributed by atoms with E-state index in [1.54, 1.807) is 0 Å². The van der Waals surface area contributed by atoms with Crippen LogP contribution in [-0.2, 0) is 14.9 Å². The number of nitrogens with two attached hydrogens (primary N) is 1. The summed E-state index contributed by atoms with van der Waals surface area (Å²) in [6, 6.07) is 14.4. The van der Waals surface area contributed by atoms with E-state index in [4.69, 9.17) is 15.2 Å². The smallest absolute Gasteiger partial charge is 0.293 e. The van der Waals surface area contributed by atoms with Crippen molar-refractivity contribution < 1.29 is 9.47 Å². The third-order valence-electron chi connectivity index (χ3n) is 5.81. The molecule has 136 valence electrons. The van der Waals surface area contributed by atoms with Crippen LogP contribution in [0.2, 0.25) is 0 Å². The van der Waals surface area contributed by atoms with E-state index in [0.717, 1.165) is 12.0 Å². The zero-order valence-corrected chi connectivity index (χ0v) is 15.5. The number of hydrogen-bond acceptors (Lipinski definition) is 6. The van der Waals surface area contributed by atoms with E-state index in [-0.39, 0.29) is 5.84 Å². The Morgan fingerprint density at radius 1 is 1.04 bits per heavy atom. The summed E-state index contributed by atoms with van der Waals surface area (Å²) in [5, 5.41) is 20.7. The Morgan fingerprint density at radius 2 is 1.65 bits per heavy atom. The summed E-state index contributed by atoms with van der Waals surface area (Å²) in [6.45, 7) is 6.25. The molecule has 0 unspecified atom stereocenters. The van der Waals surface area contributed by atoms with Crippen molar-refractivity contribution in [3.05, 3.63) is 35.9 Å². The number of benzene rings is 1. The molecule has 0 saturated heterocycles. The van der Waals surface area contributed by atoms with Gasteiger partial charge in [0.15, 0.2) is 10.8 Å². The van der Waals surface area contributed by atoms with E-state index in [2.05, 4.69) is 17.1 Å². The Labute approximate surface area is 154 Å². The molecule has 1 aromatic carbocycles. The van der Waals surface area contributed by atoms with Crippen LogP contribution in [0.25, 0.3) is 0 Å². The first-order valence-electron chi connectivity index (χ1n) is 9.05. The SMILES string of the molecule is CCC[C@@]1(c2ccccc2)[C@]2(C#N)C(N)=NC(OCC)(OCC)[C@@]21C#N. The summed E-state index contributed by atoms with van der Waals surface area (Å²) in [6.07, 6.45) is 1.39. The number of nitrogens with zero attached hydrogens (tertiary/aromatic N) is 3. The molecule has 6 heteroatoms. The average Bonchev–Trinajstić information content (AvgIpc) is 3.13. The lowest BCUT2D eigenvalue weighted by molar-refractivity contribution is -0.258. The molecule has 2 N–H and O–H groups in total. The molecule has 0 bridgehead atoms. The molecule has 1 aliphatic carbocycles. The van der Waals surface area contributed by atoms with Crippen molar-refractivity contribution in [2.75, 3.05) is 13.2 Å². The van der Waals surface area contributed by atoms with Crippen molar-refractivity contribution >= 4 is 5.84 Å². The molecule has 26 heavy (non-hydrogen) atoms. The average molecular weight is 352 g/mol. The van der Waals surface area contributed by atoms with Crippen LogP contribution in [0.3, 0.4) is 0 Å². The highest BCUT2D eigenvalue weighted by atomic mass is 16.7. The fraction of sp³-hybridized carbons (Fsp3) is 0.550. The van der Waals surface area contributed by atoms with Crippen molar-refractivity contribution in [3.63, 3.8) is 0 Å². The maximum atomic E-state index is 10.4. The molecular formula is C20H24N4O2. The molecule has 0 amide bonds. The fourth-order valence-corrected chi connectivity index (χ4v) is 5.12. The zero-order valence-electron chi connectivity index (χ0n) is 15.5. The molecule has 1 aliphatic heterocycles. The van der Waals surface area contributed by atoms with Gasteiger partial charge in [0.25, 0.3) is 5.91 Å². The summed E-state index contributed by atoms with van der Waals surface area (Å²) in [5.74, 6) is -1.45. The van der Waals surface area contributed by atoms with Gasteiger partial charge in [-0.3, -0.25) is 0 Å². The largest absolute Gasteiger partial charge is 0.386 e. The fourth-order valence-electron chi connectivity index (χ4n) is 5.12. The van der Waals surface area contributed by atoms with Gasteiger partial charge in [-0.2, -0.15) is 10.5 Å². The molecule has 1 aromatic rings. The number of nitriles is 2. The molecule has 0 aromatic heterocycles. The molecule has 0 radical (unpaired) electrons. The molecule has 3 atom stereocenters. The Balaban J connectivity index is 2.36. The number of fused-ring (bicyclic) bond motifs is 1. The van der Waals surface area contributed by atoms with Gasteiger partial charge in [-0.25, -0.2) is 4.99 Å². The molecular weight excluding hydrogens is 328 g/mol. The predicted octanol–water partition coefficient (Wildman–Crippen LogP) is 2.86. The van der Waals surface area contributed by atoms with E-state index in [1.165, 1.54) is 0 Å². The van der Waals surface area contributed by atoms with E-state index < -0.39 is 22.2 Å². The molecule has 1 heterocycles. The van der Waals surface area contributed by atoms with Crippen molar-refractivity contribution in [1.29, 1.82) is 10.5 Å². The second-order valence-electron chi connectivity index (χ2n) is 6.69. The summed E-state index contributed by atoms with van der Waals surface area (Å²) >= 11 is 0.